The predicted octanol–water partition coefficient (Wildman–Crippen LogP) is 3.20. The molecule has 2 fully saturated rings. The summed E-state index contributed by atoms with van der Waals surface area (Å²) in [5.41, 5.74) is -0.930. The van der Waals surface area contributed by atoms with E-state index in [1.165, 1.54) is 21.1 Å². The third-order valence-electron chi connectivity index (χ3n) is 7.92. The zero-order valence-electron chi connectivity index (χ0n) is 23.1. The average Bonchev–Trinajstić information content (AvgIpc) is 3.27. The maximum absolute atomic E-state index is 13.2. The van der Waals surface area contributed by atoms with Crippen LogP contribution < -0.4 is 20.5 Å². The fraction of sp³-hybridized carbons (Fsp3) is 0.519. The number of benzene rings is 1. The molecule has 2 aromatic heterocycles. The average molecular weight is 593 g/mol. The second kappa shape index (κ2) is 11.1. The molecule has 3 heterocycles. The van der Waals surface area contributed by atoms with Crippen LogP contribution in [0.2, 0.25) is 0 Å². The number of ether oxygens (including phenoxy) is 1. The van der Waals surface area contributed by atoms with Crippen LogP contribution in [0.15, 0.2) is 46.2 Å². The molecule has 1 aliphatic heterocycles. The number of fused-ring (bicyclic) bond motifs is 1. The van der Waals surface area contributed by atoms with Gasteiger partial charge in [0.15, 0.2) is 5.75 Å². The standard InChI is InChI=1S/C27H34F2N6O5S/c1-27(37)12-4-5-22(27)35-23-17(15-21(24(35)36)40-25(28)29)16-30-26(32-23)31-18-10-13-34(14-11-18)41(38,39)20-8-6-19(7-9-20)33(2)3/h6-9,15-16,18,22,25,37H,4-5,10-14H2,1-3H3,(H,30,31,32)/t22-,27-/m1/s1. The molecule has 5 rings (SSSR count). The van der Waals surface area contributed by atoms with Crippen LogP contribution in [-0.2, 0) is 10.0 Å². The molecule has 1 saturated carbocycles. The van der Waals surface area contributed by atoms with Crippen molar-refractivity contribution in [3.05, 3.63) is 46.9 Å². The lowest BCUT2D eigenvalue weighted by Gasteiger charge is -2.32. The largest absolute Gasteiger partial charge is 0.429 e. The molecule has 2 N–H and O–H groups in total. The molecule has 3 aromatic rings. The fourth-order valence-corrected chi connectivity index (χ4v) is 7.13. The Labute approximate surface area is 236 Å². The molecule has 0 bridgehead atoms. The van der Waals surface area contributed by atoms with E-state index in [4.69, 9.17) is 0 Å². The number of piperidine rings is 1. The van der Waals surface area contributed by atoms with Crippen LogP contribution in [0.1, 0.15) is 45.1 Å². The SMILES string of the molecule is CN(C)c1ccc(S(=O)(=O)N2CCC(Nc3ncc4cc(OC(F)F)c(=O)n([C@@H]5CCC[C@@]5(C)O)c4n3)CC2)cc1. The summed E-state index contributed by atoms with van der Waals surface area (Å²) in [4.78, 5) is 24.2. The molecule has 14 heteroatoms. The van der Waals surface area contributed by atoms with E-state index in [1.54, 1.807) is 31.2 Å². The molecule has 11 nitrogen and oxygen atoms in total. The first-order valence-corrected chi connectivity index (χ1v) is 14.9. The Bertz CT molecular complexity index is 1570. The van der Waals surface area contributed by atoms with Gasteiger partial charge in [-0.1, -0.05) is 0 Å². The molecule has 1 saturated heterocycles. The number of pyridine rings is 1. The molecule has 2 atom stereocenters. The number of sulfonamides is 1. The van der Waals surface area contributed by atoms with E-state index in [0.29, 0.717) is 50.6 Å². The third kappa shape index (κ3) is 5.86. The summed E-state index contributed by atoms with van der Waals surface area (Å²) >= 11 is 0. The minimum atomic E-state index is -3.64. The molecule has 0 amide bonds. The van der Waals surface area contributed by atoms with E-state index in [-0.39, 0.29) is 22.5 Å². The van der Waals surface area contributed by atoms with Crippen LogP contribution in [0, 0.1) is 0 Å². The summed E-state index contributed by atoms with van der Waals surface area (Å²) in [6.45, 7) is -0.978. The summed E-state index contributed by atoms with van der Waals surface area (Å²) in [6, 6.07) is 7.13. The van der Waals surface area contributed by atoms with Crippen molar-refractivity contribution in [2.75, 3.05) is 37.4 Å². The number of alkyl halides is 2. The molecule has 0 unspecified atom stereocenters. The Hall–Kier alpha value is -3.36. The van der Waals surface area contributed by atoms with Gasteiger partial charge in [0.05, 0.1) is 16.5 Å². The molecular formula is C27H34F2N6O5S. The number of halogens is 2. The fourth-order valence-electron chi connectivity index (χ4n) is 5.66. The van der Waals surface area contributed by atoms with E-state index >= 15 is 0 Å². The van der Waals surface area contributed by atoms with Gasteiger partial charge < -0.3 is 20.1 Å². The van der Waals surface area contributed by atoms with E-state index in [0.717, 1.165) is 5.69 Å². The Morgan fingerprint density at radius 3 is 2.44 bits per heavy atom. The smallest absolute Gasteiger partial charge is 0.387 e. The highest BCUT2D eigenvalue weighted by Gasteiger charge is 2.40. The van der Waals surface area contributed by atoms with Gasteiger partial charge in [-0.15, -0.1) is 0 Å². The number of rotatable bonds is 8. The second-order valence-electron chi connectivity index (χ2n) is 11.0. The number of nitrogens with one attached hydrogen (secondary N) is 1. The second-order valence-corrected chi connectivity index (χ2v) is 12.9. The lowest BCUT2D eigenvalue weighted by molar-refractivity contribution is -0.0513. The molecule has 41 heavy (non-hydrogen) atoms. The Morgan fingerprint density at radius 2 is 1.85 bits per heavy atom. The van der Waals surface area contributed by atoms with Crippen molar-refractivity contribution in [3.8, 4) is 5.75 Å². The zero-order chi connectivity index (χ0) is 29.5. The Morgan fingerprint density at radius 1 is 1.17 bits per heavy atom. The summed E-state index contributed by atoms with van der Waals surface area (Å²) in [7, 11) is 0.127. The lowest BCUT2D eigenvalue weighted by atomic mass is 10.00. The van der Waals surface area contributed by atoms with Crippen molar-refractivity contribution >= 4 is 32.7 Å². The summed E-state index contributed by atoms with van der Waals surface area (Å²) in [5, 5.41) is 14.5. The van der Waals surface area contributed by atoms with Crippen molar-refractivity contribution in [1.29, 1.82) is 0 Å². The molecular weight excluding hydrogens is 558 g/mol. The molecule has 0 spiro atoms. The number of aliphatic hydroxyl groups is 1. The van der Waals surface area contributed by atoms with Crippen LogP contribution in [-0.4, -0.2) is 77.8 Å². The predicted molar refractivity (Wildman–Crippen MR) is 150 cm³/mol. The van der Waals surface area contributed by atoms with Gasteiger partial charge in [-0.25, -0.2) is 13.4 Å². The lowest BCUT2D eigenvalue weighted by Crippen LogP contribution is -2.42. The van der Waals surface area contributed by atoms with Crippen molar-refractivity contribution in [2.24, 2.45) is 0 Å². The monoisotopic (exact) mass is 592 g/mol. The van der Waals surface area contributed by atoms with Gasteiger partial charge in [-0.2, -0.15) is 18.1 Å². The van der Waals surface area contributed by atoms with Crippen LogP contribution >= 0.6 is 0 Å². The van der Waals surface area contributed by atoms with Gasteiger partial charge in [-0.3, -0.25) is 9.36 Å². The van der Waals surface area contributed by atoms with Gasteiger partial charge in [0.1, 0.15) is 5.65 Å². The summed E-state index contributed by atoms with van der Waals surface area (Å²) in [6.07, 6.45) is 3.99. The third-order valence-corrected chi connectivity index (χ3v) is 9.84. The van der Waals surface area contributed by atoms with Crippen LogP contribution in [0.5, 0.6) is 5.75 Å². The minimum Gasteiger partial charge on any atom is -0.429 e. The minimum absolute atomic E-state index is 0.133. The van der Waals surface area contributed by atoms with Crippen molar-refractivity contribution in [3.63, 3.8) is 0 Å². The Kier molecular flexibility index (Phi) is 7.92. The molecule has 2 aliphatic rings. The van der Waals surface area contributed by atoms with Gasteiger partial charge in [0.25, 0.3) is 5.56 Å². The highest BCUT2D eigenvalue weighted by molar-refractivity contribution is 7.89. The number of nitrogens with zero attached hydrogens (tertiary/aromatic N) is 5. The maximum Gasteiger partial charge on any atom is 0.387 e. The van der Waals surface area contributed by atoms with Crippen molar-refractivity contribution in [1.82, 2.24) is 18.8 Å². The van der Waals surface area contributed by atoms with E-state index in [9.17, 15) is 27.1 Å². The zero-order valence-corrected chi connectivity index (χ0v) is 23.9. The van der Waals surface area contributed by atoms with Crippen LogP contribution in [0.3, 0.4) is 0 Å². The van der Waals surface area contributed by atoms with E-state index in [1.807, 2.05) is 19.0 Å². The van der Waals surface area contributed by atoms with Crippen LogP contribution in [0.4, 0.5) is 20.4 Å². The molecule has 1 aliphatic carbocycles. The highest BCUT2D eigenvalue weighted by Crippen LogP contribution is 2.40. The summed E-state index contributed by atoms with van der Waals surface area (Å²) in [5.74, 6) is -0.323. The normalized spacial score (nSPS) is 22.4. The van der Waals surface area contributed by atoms with Gasteiger partial charge in [0.2, 0.25) is 16.0 Å². The van der Waals surface area contributed by atoms with E-state index in [2.05, 4.69) is 20.0 Å². The van der Waals surface area contributed by atoms with E-state index < -0.39 is 39.6 Å². The van der Waals surface area contributed by atoms with Gasteiger partial charge in [0, 0.05) is 50.5 Å². The highest BCUT2D eigenvalue weighted by atomic mass is 32.2. The quantitative estimate of drug-likeness (QED) is 0.405. The van der Waals surface area contributed by atoms with Gasteiger partial charge >= 0.3 is 6.61 Å². The number of anilines is 2. The number of hydrogen-bond donors (Lipinski definition) is 2. The molecule has 1 aromatic carbocycles. The van der Waals surface area contributed by atoms with Gasteiger partial charge in [-0.05, 0) is 69.4 Å². The molecule has 0 radical (unpaired) electrons. The number of hydrogen-bond acceptors (Lipinski definition) is 9. The summed E-state index contributed by atoms with van der Waals surface area (Å²) < 4.78 is 59.6. The van der Waals surface area contributed by atoms with Crippen LogP contribution in [0.25, 0.3) is 11.0 Å². The van der Waals surface area contributed by atoms with Crippen molar-refractivity contribution in [2.45, 2.75) is 68.2 Å². The first-order valence-electron chi connectivity index (χ1n) is 13.5. The first kappa shape index (κ1) is 29.1. The maximum atomic E-state index is 13.2. The Balaban J connectivity index is 1.36. The first-order chi connectivity index (χ1) is 19.4. The number of aromatic nitrogens is 3. The topological polar surface area (TPSA) is 130 Å². The molecule has 222 valence electrons. The van der Waals surface area contributed by atoms with Crippen molar-refractivity contribution < 1.29 is 27.0 Å².